The van der Waals surface area contributed by atoms with Crippen molar-refractivity contribution in [1.29, 1.82) is 0 Å². The fraction of sp³-hybridized carbons (Fsp3) is 0.867. The molecule has 4 saturated carbocycles. The number of carbonyl (C=O) groups is 2. The monoisotopic (exact) mass is 530 g/mol. The molecule has 6 aliphatic rings. The van der Waals surface area contributed by atoms with Gasteiger partial charge in [-0.2, -0.15) is 0 Å². The van der Waals surface area contributed by atoms with E-state index in [1.807, 2.05) is 0 Å². The highest BCUT2D eigenvalue weighted by Gasteiger charge is 2.67. The van der Waals surface area contributed by atoms with Gasteiger partial charge >= 0.3 is 12.1 Å². The molecule has 4 aliphatic carbocycles. The highest BCUT2D eigenvalue weighted by molar-refractivity contribution is 5.85. The second-order valence-corrected chi connectivity index (χ2v) is 13.6. The van der Waals surface area contributed by atoms with E-state index in [1.165, 1.54) is 0 Å². The maximum atomic E-state index is 12.4. The van der Waals surface area contributed by atoms with E-state index >= 15 is 0 Å². The Bertz CT molecular complexity index is 980. The summed E-state index contributed by atoms with van der Waals surface area (Å²) in [6.45, 7) is 9.68. The summed E-state index contributed by atoms with van der Waals surface area (Å²) < 4.78 is 10.7. The van der Waals surface area contributed by atoms with E-state index in [9.17, 15) is 19.8 Å². The van der Waals surface area contributed by atoms with Crippen LogP contribution in [0, 0.1) is 34.5 Å². The molecule has 0 spiro atoms. The molecule has 8 heteroatoms. The van der Waals surface area contributed by atoms with Gasteiger partial charge in [-0.15, -0.1) is 0 Å². The Hall–Kier alpha value is -1.64. The van der Waals surface area contributed by atoms with Gasteiger partial charge in [0.1, 0.15) is 6.61 Å². The van der Waals surface area contributed by atoms with Crippen molar-refractivity contribution in [2.45, 2.75) is 83.3 Å². The van der Waals surface area contributed by atoms with Gasteiger partial charge < -0.3 is 24.6 Å². The molecule has 1 amide bonds. The molecule has 1 saturated heterocycles. The van der Waals surface area contributed by atoms with Crippen LogP contribution in [0.15, 0.2) is 11.6 Å². The minimum Gasteiger partial charge on any atom is -0.465 e. The Morgan fingerprint density at radius 3 is 2.58 bits per heavy atom. The second kappa shape index (κ2) is 9.77. The number of carboxylic acid groups (broad SMARTS) is 1. The van der Waals surface area contributed by atoms with Crippen LogP contribution in [0.4, 0.5) is 4.79 Å². The molecular formula is C30H46N2O6. The Balaban J connectivity index is 1.16. The maximum absolute atomic E-state index is 12.4. The molecule has 0 aromatic rings. The van der Waals surface area contributed by atoms with Crippen molar-refractivity contribution in [1.82, 2.24) is 9.80 Å². The third-order valence-corrected chi connectivity index (χ3v) is 12.4. The molecule has 0 aromatic carbocycles. The predicted molar refractivity (Wildman–Crippen MR) is 141 cm³/mol. The zero-order valence-electron chi connectivity index (χ0n) is 23.2. The van der Waals surface area contributed by atoms with E-state index in [1.54, 1.807) is 11.0 Å². The minimum atomic E-state index is -0.788. The largest absolute Gasteiger partial charge is 0.465 e. The Morgan fingerprint density at radius 1 is 1.08 bits per heavy atom. The number of fused-ring (bicyclic) bond motifs is 5. The lowest BCUT2D eigenvalue weighted by Crippen LogP contribution is -2.63. The average molecular weight is 531 g/mol. The molecule has 6 rings (SSSR count). The van der Waals surface area contributed by atoms with E-state index in [2.05, 4.69) is 18.7 Å². The van der Waals surface area contributed by atoms with Crippen LogP contribution in [0.25, 0.3) is 0 Å². The first-order chi connectivity index (χ1) is 18.2. The Kier molecular flexibility index (Phi) is 6.83. The van der Waals surface area contributed by atoms with Crippen LogP contribution in [0.5, 0.6) is 0 Å². The number of morpholine rings is 1. The number of aliphatic hydroxyl groups is 1. The summed E-state index contributed by atoms with van der Waals surface area (Å²) in [4.78, 5) is 28.2. The maximum Gasteiger partial charge on any atom is 0.407 e. The molecule has 0 bridgehead atoms. The fourth-order valence-electron chi connectivity index (χ4n) is 10.2. The van der Waals surface area contributed by atoms with Crippen LogP contribution < -0.4 is 0 Å². The molecule has 212 valence electrons. The van der Waals surface area contributed by atoms with E-state index in [0.717, 1.165) is 96.2 Å². The summed E-state index contributed by atoms with van der Waals surface area (Å²) in [5.74, 6) is 1.23. The quantitative estimate of drug-likeness (QED) is 0.520. The number of nitrogens with zero attached hydrogens (tertiary/aromatic N) is 2. The molecule has 8 atom stereocenters. The summed E-state index contributed by atoms with van der Waals surface area (Å²) >= 11 is 0. The highest BCUT2D eigenvalue weighted by Crippen LogP contribution is 2.70. The number of esters is 1. The normalized spacial score (nSPS) is 45.0. The van der Waals surface area contributed by atoms with Crippen molar-refractivity contribution in [3.63, 3.8) is 0 Å². The molecule has 2 aliphatic heterocycles. The standard InChI is InChI=1S/C30H46N2O6/c1-28-8-5-22(32(27(34)35)12-11-31-13-15-37-16-14-31)18-21(28)3-4-25-24(28)6-9-29(2)23(7-10-30(25,29)36)20-17-26(33)38-19-20/h17,21-25,36H,3-16,18-19H2,1-2H3,(H,34,35)/t21-,22+,23-,24+,25-,28+,29-,30+/m1/s1. The molecule has 38 heavy (non-hydrogen) atoms. The highest BCUT2D eigenvalue weighted by atomic mass is 16.5. The van der Waals surface area contributed by atoms with E-state index in [4.69, 9.17) is 9.47 Å². The first kappa shape index (κ1) is 26.6. The summed E-state index contributed by atoms with van der Waals surface area (Å²) in [6, 6.07) is 0.0859. The van der Waals surface area contributed by atoms with Crippen LogP contribution in [-0.2, 0) is 14.3 Å². The van der Waals surface area contributed by atoms with Crippen LogP contribution in [0.2, 0.25) is 0 Å². The third kappa shape index (κ3) is 4.12. The number of cyclic esters (lactones) is 1. The third-order valence-electron chi connectivity index (χ3n) is 12.4. The number of ether oxygens (including phenoxy) is 2. The Labute approximate surface area is 226 Å². The molecule has 5 fully saturated rings. The van der Waals surface area contributed by atoms with Crippen molar-refractivity contribution in [3.8, 4) is 0 Å². The molecule has 0 unspecified atom stereocenters. The summed E-state index contributed by atoms with van der Waals surface area (Å²) in [6.07, 6.45) is 9.70. The number of hydrogen-bond acceptors (Lipinski definition) is 6. The first-order valence-corrected chi connectivity index (χ1v) is 15.0. The average Bonchev–Trinajstić information content (AvgIpc) is 3.44. The van der Waals surface area contributed by atoms with Crippen molar-refractivity contribution < 1.29 is 29.3 Å². The van der Waals surface area contributed by atoms with Gasteiger partial charge in [0.2, 0.25) is 0 Å². The van der Waals surface area contributed by atoms with Crippen LogP contribution in [-0.4, -0.2) is 89.7 Å². The molecule has 2 N–H and O–H groups in total. The van der Waals surface area contributed by atoms with Gasteiger partial charge in [-0.25, -0.2) is 9.59 Å². The zero-order chi connectivity index (χ0) is 26.7. The van der Waals surface area contributed by atoms with Gasteiger partial charge in [0.05, 0.1) is 18.8 Å². The molecule has 8 nitrogen and oxygen atoms in total. The lowest BCUT2D eigenvalue weighted by Gasteiger charge is -2.64. The summed E-state index contributed by atoms with van der Waals surface area (Å²) in [5.41, 5.74) is 0.310. The SMILES string of the molecule is C[C@]12CC[C@H](N(CCN3CCOCC3)C(=O)O)C[C@H]1CC[C@@H]1[C@@H]2CC[C@]2(C)[C@@H](C3=CC(=O)OC3)CC[C@]12O. The smallest absolute Gasteiger partial charge is 0.407 e. The fourth-order valence-corrected chi connectivity index (χ4v) is 10.2. The first-order valence-electron chi connectivity index (χ1n) is 15.0. The molecule has 0 radical (unpaired) electrons. The Morgan fingerprint density at radius 2 is 1.87 bits per heavy atom. The van der Waals surface area contributed by atoms with E-state index in [0.29, 0.717) is 25.0 Å². The van der Waals surface area contributed by atoms with E-state index < -0.39 is 11.7 Å². The minimum absolute atomic E-state index is 0.0859. The van der Waals surface area contributed by atoms with Gasteiger partial charge in [0.15, 0.2) is 0 Å². The van der Waals surface area contributed by atoms with Gasteiger partial charge in [0.25, 0.3) is 0 Å². The van der Waals surface area contributed by atoms with Crippen molar-refractivity contribution in [2.75, 3.05) is 46.0 Å². The van der Waals surface area contributed by atoms with Crippen LogP contribution in [0.3, 0.4) is 0 Å². The lowest BCUT2D eigenvalue weighted by atomic mass is 9.43. The molecular weight excluding hydrogens is 484 g/mol. The number of hydrogen-bond donors (Lipinski definition) is 2. The van der Waals surface area contributed by atoms with Gasteiger partial charge in [-0.3, -0.25) is 4.90 Å². The van der Waals surface area contributed by atoms with Crippen molar-refractivity contribution in [2.24, 2.45) is 34.5 Å². The van der Waals surface area contributed by atoms with Gasteiger partial charge in [-0.05, 0) is 92.4 Å². The summed E-state index contributed by atoms with van der Waals surface area (Å²) in [7, 11) is 0. The van der Waals surface area contributed by atoms with Crippen molar-refractivity contribution >= 4 is 12.1 Å². The molecule has 0 aromatic heterocycles. The van der Waals surface area contributed by atoms with E-state index in [-0.39, 0.29) is 34.7 Å². The number of amides is 1. The van der Waals surface area contributed by atoms with Gasteiger partial charge in [-0.1, -0.05) is 13.8 Å². The summed E-state index contributed by atoms with van der Waals surface area (Å²) in [5, 5.41) is 22.5. The number of carbonyl (C=O) groups excluding carboxylic acids is 1. The van der Waals surface area contributed by atoms with Crippen LogP contribution in [0.1, 0.15) is 71.6 Å². The van der Waals surface area contributed by atoms with Crippen LogP contribution >= 0.6 is 0 Å². The number of rotatable bonds is 5. The van der Waals surface area contributed by atoms with Crippen molar-refractivity contribution in [3.05, 3.63) is 11.6 Å². The zero-order valence-corrected chi connectivity index (χ0v) is 23.2. The predicted octanol–water partition coefficient (Wildman–Crippen LogP) is 3.92. The lowest BCUT2D eigenvalue weighted by molar-refractivity contribution is -0.206. The topological polar surface area (TPSA) is 99.5 Å². The van der Waals surface area contributed by atoms with Gasteiger partial charge in [0, 0.05) is 43.7 Å². The molecule has 2 heterocycles. The second-order valence-electron chi connectivity index (χ2n) is 13.6.